The molecule has 4 heteroatoms. The van der Waals surface area contributed by atoms with Crippen molar-refractivity contribution in [3.63, 3.8) is 0 Å². The first-order valence-corrected chi connectivity index (χ1v) is 8.25. The SMILES string of the molecule is CC(C)=Cc1nc2cc(C)c(N)cc2[n+](-c2ccccc2)c1/C=C/N. The van der Waals surface area contributed by atoms with E-state index in [4.69, 9.17) is 16.5 Å². The largest absolute Gasteiger partial charge is 0.404 e. The molecule has 0 unspecified atom stereocenters. The molecule has 0 aliphatic carbocycles. The normalized spacial score (nSPS) is 11.2. The lowest BCUT2D eigenvalue weighted by molar-refractivity contribution is -0.569. The van der Waals surface area contributed by atoms with Crippen LogP contribution in [0.4, 0.5) is 5.69 Å². The van der Waals surface area contributed by atoms with Crippen LogP contribution in [0.3, 0.4) is 0 Å². The topological polar surface area (TPSA) is 68.8 Å². The number of hydrogen-bond donors (Lipinski definition) is 2. The second-order valence-electron chi connectivity index (χ2n) is 6.33. The standard InChI is InChI=1S/C21H22N4/c1-14(2)11-18-20(9-10-22)25(16-7-5-4-6-8-16)21-13-17(23)15(3)12-19(21)24-18/h4-13H,1-3H3,(H3,22,23)/p+1. The van der Waals surface area contributed by atoms with Crippen molar-refractivity contribution in [1.82, 2.24) is 4.98 Å². The number of nitrogen functional groups attached to an aromatic ring is 1. The summed E-state index contributed by atoms with van der Waals surface area (Å²) in [5, 5.41) is 0. The average Bonchev–Trinajstić information content (AvgIpc) is 2.58. The molecule has 0 atom stereocenters. The highest BCUT2D eigenvalue weighted by atomic mass is 15.0. The first-order chi connectivity index (χ1) is 12.0. The highest BCUT2D eigenvalue weighted by Crippen LogP contribution is 2.22. The Hall–Kier alpha value is -3.14. The molecule has 3 rings (SSSR count). The number of aryl methyl sites for hydroxylation is 1. The minimum absolute atomic E-state index is 0.747. The molecule has 0 saturated carbocycles. The van der Waals surface area contributed by atoms with E-state index in [1.807, 2.05) is 43.3 Å². The summed E-state index contributed by atoms with van der Waals surface area (Å²) >= 11 is 0. The number of anilines is 1. The molecule has 0 saturated heterocycles. The van der Waals surface area contributed by atoms with Crippen LogP contribution in [0, 0.1) is 6.92 Å². The number of fused-ring (bicyclic) bond motifs is 1. The number of benzene rings is 2. The van der Waals surface area contributed by atoms with Gasteiger partial charge in [0.15, 0.2) is 0 Å². The zero-order chi connectivity index (χ0) is 18.0. The lowest BCUT2D eigenvalue weighted by atomic mass is 10.1. The van der Waals surface area contributed by atoms with Gasteiger partial charge in [0.2, 0.25) is 16.9 Å². The molecule has 0 amide bonds. The highest BCUT2D eigenvalue weighted by Gasteiger charge is 2.23. The summed E-state index contributed by atoms with van der Waals surface area (Å²) in [4.78, 5) is 4.86. The Morgan fingerprint density at radius 3 is 2.48 bits per heavy atom. The quantitative estimate of drug-likeness (QED) is 0.567. The van der Waals surface area contributed by atoms with Crippen LogP contribution in [0.1, 0.15) is 30.8 Å². The van der Waals surface area contributed by atoms with Crippen LogP contribution in [-0.2, 0) is 0 Å². The maximum Gasteiger partial charge on any atom is 0.239 e. The third-order valence-electron chi connectivity index (χ3n) is 4.04. The number of aromatic nitrogens is 2. The number of hydrogen-bond acceptors (Lipinski definition) is 3. The molecule has 1 heterocycles. The Balaban J connectivity index is 2.52. The maximum atomic E-state index is 6.18. The third-order valence-corrected chi connectivity index (χ3v) is 4.04. The summed E-state index contributed by atoms with van der Waals surface area (Å²) in [7, 11) is 0. The van der Waals surface area contributed by atoms with Crippen molar-refractivity contribution in [2.45, 2.75) is 20.8 Å². The molecule has 0 fully saturated rings. The Bertz CT molecular complexity index is 982. The van der Waals surface area contributed by atoms with E-state index in [0.717, 1.165) is 39.4 Å². The predicted molar refractivity (Wildman–Crippen MR) is 105 cm³/mol. The Labute approximate surface area is 148 Å². The van der Waals surface area contributed by atoms with Crippen LogP contribution in [0.25, 0.3) is 28.9 Å². The summed E-state index contributed by atoms with van der Waals surface area (Å²) in [5.74, 6) is 0. The average molecular weight is 331 g/mol. The Morgan fingerprint density at radius 2 is 1.84 bits per heavy atom. The molecule has 4 N–H and O–H groups in total. The minimum Gasteiger partial charge on any atom is -0.404 e. The van der Waals surface area contributed by atoms with E-state index in [1.54, 1.807) is 6.20 Å². The second-order valence-corrected chi connectivity index (χ2v) is 6.33. The van der Waals surface area contributed by atoms with Gasteiger partial charge in [0.05, 0.1) is 0 Å². The van der Waals surface area contributed by atoms with Gasteiger partial charge in [-0.2, -0.15) is 0 Å². The molecule has 25 heavy (non-hydrogen) atoms. The predicted octanol–water partition coefficient (Wildman–Crippen LogP) is 3.75. The van der Waals surface area contributed by atoms with Gasteiger partial charge >= 0.3 is 0 Å². The number of allylic oxidation sites excluding steroid dienone is 1. The maximum absolute atomic E-state index is 6.18. The molecule has 1 aromatic heterocycles. The van der Waals surface area contributed by atoms with E-state index in [2.05, 4.69) is 36.6 Å². The fourth-order valence-electron chi connectivity index (χ4n) is 2.88. The molecule has 126 valence electrons. The monoisotopic (exact) mass is 331 g/mol. The number of nitrogens with two attached hydrogens (primary N) is 2. The van der Waals surface area contributed by atoms with Crippen molar-refractivity contribution in [3.05, 3.63) is 71.2 Å². The van der Waals surface area contributed by atoms with Gasteiger partial charge in [-0.1, -0.05) is 23.8 Å². The highest BCUT2D eigenvalue weighted by molar-refractivity contribution is 5.80. The van der Waals surface area contributed by atoms with Crippen molar-refractivity contribution in [1.29, 1.82) is 0 Å². The molecule has 4 nitrogen and oxygen atoms in total. The van der Waals surface area contributed by atoms with Crippen molar-refractivity contribution in [2.75, 3.05) is 5.73 Å². The molecule has 3 aromatic rings. The van der Waals surface area contributed by atoms with Crippen LogP contribution in [0.5, 0.6) is 0 Å². The molecule has 0 spiro atoms. The summed E-state index contributed by atoms with van der Waals surface area (Å²) in [6.07, 6.45) is 5.49. The van der Waals surface area contributed by atoms with E-state index in [9.17, 15) is 0 Å². The number of para-hydroxylation sites is 1. The zero-order valence-electron chi connectivity index (χ0n) is 14.8. The second kappa shape index (κ2) is 6.77. The number of nitrogens with zero attached hydrogens (tertiary/aromatic N) is 2. The van der Waals surface area contributed by atoms with Gasteiger partial charge in [-0.25, -0.2) is 4.98 Å². The van der Waals surface area contributed by atoms with E-state index in [-0.39, 0.29) is 0 Å². The van der Waals surface area contributed by atoms with Gasteiger partial charge < -0.3 is 11.5 Å². The Morgan fingerprint density at radius 1 is 1.12 bits per heavy atom. The van der Waals surface area contributed by atoms with Crippen LogP contribution in [-0.4, -0.2) is 4.98 Å². The Kier molecular flexibility index (Phi) is 4.52. The van der Waals surface area contributed by atoms with E-state index >= 15 is 0 Å². The summed E-state index contributed by atoms with van der Waals surface area (Å²) in [6.45, 7) is 6.11. The minimum atomic E-state index is 0.747. The van der Waals surface area contributed by atoms with E-state index in [1.165, 1.54) is 5.57 Å². The van der Waals surface area contributed by atoms with Gasteiger partial charge in [-0.15, -0.1) is 4.57 Å². The first-order valence-electron chi connectivity index (χ1n) is 8.25. The molecule has 2 aromatic carbocycles. The molecular weight excluding hydrogens is 308 g/mol. The van der Waals surface area contributed by atoms with Crippen molar-refractivity contribution < 1.29 is 4.57 Å². The van der Waals surface area contributed by atoms with E-state index in [0.29, 0.717) is 0 Å². The lowest BCUT2D eigenvalue weighted by Crippen LogP contribution is -2.37. The van der Waals surface area contributed by atoms with Crippen LogP contribution < -0.4 is 16.0 Å². The fraction of sp³-hybridized carbons (Fsp3) is 0.143. The molecule has 0 aliphatic rings. The van der Waals surface area contributed by atoms with Gasteiger partial charge in [0.25, 0.3) is 0 Å². The van der Waals surface area contributed by atoms with Crippen LogP contribution in [0.2, 0.25) is 0 Å². The molecule has 0 radical (unpaired) electrons. The third kappa shape index (κ3) is 3.24. The lowest BCUT2D eigenvalue weighted by Gasteiger charge is -2.09. The first kappa shape index (κ1) is 16.7. The van der Waals surface area contributed by atoms with Crippen LogP contribution in [0.15, 0.2) is 54.2 Å². The van der Waals surface area contributed by atoms with Gasteiger partial charge in [-0.3, -0.25) is 0 Å². The smallest absolute Gasteiger partial charge is 0.239 e. The van der Waals surface area contributed by atoms with Gasteiger partial charge in [0, 0.05) is 36.2 Å². The zero-order valence-corrected chi connectivity index (χ0v) is 14.8. The number of rotatable bonds is 3. The molecular formula is C21H23N4+. The summed E-state index contributed by atoms with van der Waals surface area (Å²) in [5.41, 5.74) is 19.5. The summed E-state index contributed by atoms with van der Waals surface area (Å²) in [6, 6.07) is 14.2. The summed E-state index contributed by atoms with van der Waals surface area (Å²) < 4.78 is 2.15. The van der Waals surface area contributed by atoms with Crippen molar-refractivity contribution in [3.8, 4) is 5.69 Å². The van der Waals surface area contributed by atoms with Crippen molar-refractivity contribution >= 4 is 28.9 Å². The van der Waals surface area contributed by atoms with Gasteiger partial charge in [0.1, 0.15) is 11.2 Å². The van der Waals surface area contributed by atoms with Gasteiger partial charge in [-0.05, 0) is 38.5 Å². The molecule has 0 aliphatic heterocycles. The fourth-order valence-corrected chi connectivity index (χ4v) is 2.88. The van der Waals surface area contributed by atoms with E-state index < -0.39 is 0 Å². The van der Waals surface area contributed by atoms with Crippen LogP contribution >= 0.6 is 0 Å². The molecule has 0 bridgehead atoms. The van der Waals surface area contributed by atoms with Crippen molar-refractivity contribution in [2.24, 2.45) is 5.73 Å².